The van der Waals surface area contributed by atoms with E-state index >= 15 is 0 Å². The number of benzene rings is 9. The Kier molecular flexibility index (Phi) is 9.34. The quantitative estimate of drug-likeness (QED) is 0.145. The van der Waals surface area contributed by atoms with E-state index in [4.69, 9.17) is 19.9 Å². The van der Waals surface area contributed by atoms with Gasteiger partial charge in [-0.25, -0.2) is 19.9 Å². The average molecular weight is 834 g/mol. The Morgan fingerprint density at radius 1 is 0.277 bits per heavy atom. The van der Waals surface area contributed by atoms with E-state index in [0.29, 0.717) is 17.5 Å². The Morgan fingerprint density at radius 2 is 0.662 bits per heavy atom. The van der Waals surface area contributed by atoms with Gasteiger partial charge < -0.3 is 9.47 Å². The summed E-state index contributed by atoms with van der Waals surface area (Å²) in [7, 11) is 0. The maximum absolute atomic E-state index is 5.16. The molecule has 3 heterocycles. The third kappa shape index (κ3) is 6.88. The average Bonchev–Trinajstić information content (AvgIpc) is 3.94. The molecule has 0 amide bonds. The second-order valence-electron chi connectivity index (χ2n) is 15.9. The van der Waals surface area contributed by atoms with Gasteiger partial charge in [-0.1, -0.05) is 127 Å². The molecule has 3 aromatic heterocycles. The highest BCUT2D eigenvalue weighted by Crippen LogP contribution is 2.37. The van der Waals surface area contributed by atoms with Crippen molar-refractivity contribution in [1.82, 2.24) is 29.1 Å². The Hall–Kier alpha value is -8.94. The van der Waals surface area contributed by atoms with Gasteiger partial charge >= 0.3 is 0 Å². The highest BCUT2D eigenvalue weighted by Gasteiger charge is 2.19. The fourth-order valence-corrected chi connectivity index (χ4v) is 8.91. The van der Waals surface area contributed by atoms with Crippen LogP contribution in [0.1, 0.15) is 0 Å². The summed E-state index contributed by atoms with van der Waals surface area (Å²) in [5.41, 5.74) is 13.2. The number of hydrogen-bond donors (Lipinski definition) is 0. The monoisotopic (exact) mass is 833 g/mol. The predicted octanol–water partition coefficient (Wildman–Crippen LogP) is 14.4. The van der Waals surface area contributed by atoms with E-state index in [1.807, 2.05) is 24.3 Å². The molecular formula is C58H39N7. The van der Waals surface area contributed by atoms with Crippen molar-refractivity contribution in [2.45, 2.75) is 0 Å². The molecule has 65 heavy (non-hydrogen) atoms. The first-order valence-corrected chi connectivity index (χ1v) is 21.7. The molecular weight excluding hydrogens is 795 g/mol. The van der Waals surface area contributed by atoms with Crippen LogP contribution in [0, 0.1) is 0 Å². The van der Waals surface area contributed by atoms with Gasteiger partial charge in [0.1, 0.15) is 5.82 Å². The van der Waals surface area contributed by atoms with Crippen molar-refractivity contribution in [3.05, 3.63) is 237 Å². The molecule has 0 spiro atoms. The topological polar surface area (TPSA) is 64.7 Å². The lowest BCUT2D eigenvalue weighted by atomic mass is 10.1. The van der Waals surface area contributed by atoms with Gasteiger partial charge in [0, 0.05) is 61.5 Å². The van der Waals surface area contributed by atoms with Crippen LogP contribution in [0.25, 0.3) is 89.8 Å². The number of anilines is 3. The van der Waals surface area contributed by atoms with Gasteiger partial charge in [0.15, 0.2) is 17.5 Å². The zero-order valence-corrected chi connectivity index (χ0v) is 35.1. The molecule has 0 aliphatic rings. The molecule has 0 fully saturated rings. The van der Waals surface area contributed by atoms with Crippen molar-refractivity contribution in [3.8, 4) is 56.9 Å². The lowest BCUT2D eigenvalue weighted by Gasteiger charge is -2.25. The zero-order valence-electron chi connectivity index (χ0n) is 35.1. The van der Waals surface area contributed by atoms with E-state index in [-0.39, 0.29) is 0 Å². The smallest absolute Gasteiger partial charge is 0.164 e. The molecule has 0 N–H and O–H groups in total. The summed E-state index contributed by atoms with van der Waals surface area (Å²) in [6.07, 6.45) is 0. The Morgan fingerprint density at radius 3 is 1.20 bits per heavy atom. The van der Waals surface area contributed by atoms with Gasteiger partial charge in [-0.15, -0.1) is 0 Å². The van der Waals surface area contributed by atoms with E-state index < -0.39 is 0 Å². The molecule has 9 aromatic carbocycles. The van der Waals surface area contributed by atoms with Gasteiger partial charge in [0.05, 0.1) is 22.1 Å². The van der Waals surface area contributed by atoms with E-state index in [9.17, 15) is 0 Å². The molecule has 12 rings (SSSR count). The van der Waals surface area contributed by atoms with Gasteiger partial charge in [-0.3, -0.25) is 4.57 Å². The summed E-state index contributed by atoms with van der Waals surface area (Å²) < 4.78 is 4.54. The molecule has 0 radical (unpaired) electrons. The minimum atomic E-state index is 0.582. The Bertz CT molecular complexity index is 3530. The fourth-order valence-electron chi connectivity index (χ4n) is 8.91. The lowest BCUT2D eigenvalue weighted by Crippen LogP contribution is -2.09. The lowest BCUT2D eigenvalue weighted by molar-refractivity contribution is 1.07. The summed E-state index contributed by atoms with van der Waals surface area (Å²) in [4.78, 5) is 22.8. The number of hydrogen-bond acceptors (Lipinski definition) is 5. The van der Waals surface area contributed by atoms with Crippen molar-refractivity contribution in [3.63, 3.8) is 0 Å². The SMILES string of the molecule is c1ccc(N(c2ccccc2)c2ccc(-c3nc(-c4ccc(-c5nc6ccccc6n5-c5ccccc5)cc4)nc(-c4ccc(-n5c6ccccc6c6ccccc65)cc4)n3)cc2)cc1. The second kappa shape index (κ2) is 16.1. The number of rotatable bonds is 9. The number of aromatic nitrogens is 6. The fraction of sp³-hybridized carbons (Fsp3) is 0. The normalized spacial score (nSPS) is 11.4. The van der Waals surface area contributed by atoms with E-state index in [1.165, 1.54) is 10.8 Å². The van der Waals surface area contributed by atoms with Gasteiger partial charge in [-0.05, 0) is 109 Å². The standard InChI is InChI=1S/C58H39N7/c1-4-16-44(17-5-1)63(45-18-6-2-7-19-45)47-36-32-41(33-37-47)56-60-55(40-28-30-43(31-29-40)58-59-51-24-12-15-27-54(51)65(58)46-20-8-3-9-21-46)61-57(62-56)42-34-38-48(39-35-42)64-52-25-13-10-22-49(52)50-23-11-14-26-53(50)64/h1-39H. The molecule has 0 atom stereocenters. The number of imidazole rings is 1. The van der Waals surface area contributed by atoms with Crippen LogP contribution < -0.4 is 4.90 Å². The van der Waals surface area contributed by atoms with Crippen molar-refractivity contribution >= 4 is 49.9 Å². The maximum Gasteiger partial charge on any atom is 0.164 e. The molecule has 0 aliphatic heterocycles. The molecule has 12 aromatic rings. The van der Waals surface area contributed by atoms with Crippen LogP contribution in [0.3, 0.4) is 0 Å². The van der Waals surface area contributed by atoms with Crippen molar-refractivity contribution in [2.75, 3.05) is 4.90 Å². The van der Waals surface area contributed by atoms with Crippen molar-refractivity contribution in [1.29, 1.82) is 0 Å². The summed E-state index contributed by atoms with van der Waals surface area (Å²) >= 11 is 0. The Balaban J connectivity index is 0.959. The van der Waals surface area contributed by atoms with E-state index in [1.54, 1.807) is 0 Å². The van der Waals surface area contributed by atoms with Gasteiger partial charge in [0.25, 0.3) is 0 Å². The van der Waals surface area contributed by atoms with Crippen LogP contribution in [0.5, 0.6) is 0 Å². The van der Waals surface area contributed by atoms with E-state index in [0.717, 1.165) is 78.6 Å². The molecule has 7 nitrogen and oxygen atoms in total. The van der Waals surface area contributed by atoms with Crippen LogP contribution in [0.2, 0.25) is 0 Å². The van der Waals surface area contributed by atoms with Crippen LogP contribution >= 0.6 is 0 Å². The third-order valence-electron chi connectivity index (χ3n) is 12.0. The minimum absolute atomic E-state index is 0.582. The van der Waals surface area contributed by atoms with Gasteiger partial charge in [-0.2, -0.15) is 0 Å². The number of nitrogens with zero attached hydrogens (tertiary/aromatic N) is 7. The molecule has 0 bridgehead atoms. The minimum Gasteiger partial charge on any atom is -0.311 e. The summed E-state index contributed by atoms with van der Waals surface area (Å²) in [6.45, 7) is 0. The molecule has 306 valence electrons. The van der Waals surface area contributed by atoms with Crippen molar-refractivity contribution < 1.29 is 0 Å². The van der Waals surface area contributed by atoms with Crippen LogP contribution in [-0.2, 0) is 0 Å². The molecule has 0 saturated heterocycles. The predicted molar refractivity (Wildman–Crippen MR) is 265 cm³/mol. The highest BCUT2D eigenvalue weighted by molar-refractivity contribution is 6.09. The van der Waals surface area contributed by atoms with E-state index in [2.05, 4.69) is 226 Å². The number of fused-ring (bicyclic) bond motifs is 4. The largest absolute Gasteiger partial charge is 0.311 e. The molecule has 0 saturated carbocycles. The summed E-state index contributed by atoms with van der Waals surface area (Å²) in [5.74, 6) is 2.63. The maximum atomic E-state index is 5.16. The molecule has 7 heteroatoms. The molecule has 0 unspecified atom stereocenters. The number of para-hydroxylation sites is 7. The second-order valence-corrected chi connectivity index (χ2v) is 15.9. The highest BCUT2D eigenvalue weighted by atomic mass is 15.1. The third-order valence-corrected chi connectivity index (χ3v) is 12.0. The first-order valence-electron chi connectivity index (χ1n) is 21.7. The van der Waals surface area contributed by atoms with Crippen LogP contribution in [0.4, 0.5) is 17.1 Å². The van der Waals surface area contributed by atoms with Crippen LogP contribution in [-0.4, -0.2) is 29.1 Å². The Labute approximate surface area is 375 Å². The molecule has 0 aliphatic carbocycles. The van der Waals surface area contributed by atoms with Crippen molar-refractivity contribution in [2.24, 2.45) is 0 Å². The first kappa shape index (κ1) is 37.8. The summed E-state index contributed by atoms with van der Waals surface area (Å²) in [6, 6.07) is 82.0. The van der Waals surface area contributed by atoms with Crippen LogP contribution in [0.15, 0.2) is 237 Å². The zero-order chi connectivity index (χ0) is 43.1. The summed E-state index contributed by atoms with van der Waals surface area (Å²) in [5, 5.41) is 2.45. The van der Waals surface area contributed by atoms with Gasteiger partial charge in [0.2, 0.25) is 0 Å². The first-order chi connectivity index (χ1) is 32.2.